The standard InChI is InChI=1S/C18H26ClN3O/c1-6-15-17(22-8-7-14(19)9-16(22)20-15)18(23)21(10-12(2)3)11-13(4)5/h7-9,12-13H,6,10-11H2,1-5H3. The van der Waals surface area contributed by atoms with Crippen molar-refractivity contribution >= 4 is 23.2 Å². The second-order valence-electron chi connectivity index (χ2n) is 6.83. The van der Waals surface area contributed by atoms with E-state index in [4.69, 9.17) is 11.6 Å². The molecule has 5 heteroatoms. The number of amides is 1. The molecular weight excluding hydrogens is 310 g/mol. The van der Waals surface area contributed by atoms with Gasteiger partial charge in [-0.05, 0) is 24.3 Å². The number of hydrogen-bond donors (Lipinski definition) is 0. The van der Waals surface area contributed by atoms with Gasteiger partial charge in [0.05, 0.1) is 5.69 Å². The molecule has 126 valence electrons. The molecular formula is C18H26ClN3O. The summed E-state index contributed by atoms with van der Waals surface area (Å²) in [5, 5.41) is 0.630. The Morgan fingerprint density at radius 3 is 2.39 bits per heavy atom. The van der Waals surface area contributed by atoms with Gasteiger partial charge in [-0.1, -0.05) is 46.2 Å². The van der Waals surface area contributed by atoms with Crippen molar-refractivity contribution < 1.29 is 4.79 Å². The van der Waals surface area contributed by atoms with Gasteiger partial charge in [0.25, 0.3) is 5.91 Å². The summed E-state index contributed by atoms with van der Waals surface area (Å²) >= 11 is 6.05. The fraction of sp³-hybridized carbons (Fsp3) is 0.556. The monoisotopic (exact) mass is 335 g/mol. The Bertz CT molecular complexity index is 681. The summed E-state index contributed by atoms with van der Waals surface area (Å²) in [6.45, 7) is 12.1. The number of hydrogen-bond acceptors (Lipinski definition) is 2. The maximum Gasteiger partial charge on any atom is 0.272 e. The van der Waals surface area contributed by atoms with Crippen molar-refractivity contribution in [3.8, 4) is 0 Å². The Morgan fingerprint density at radius 2 is 1.87 bits per heavy atom. The van der Waals surface area contributed by atoms with Crippen LogP contribution in [0.15, 0.2) is 18.3 Å². The Morgan fingerprint density at radius 1 is 1.26 bits per heavy atom. The number of aromatic nitrogens is 2. The molecule has 0 bridgehead atoms. The van der Waals surface area contributed by atoms with Crippen LogP contribution < -0.4 is 0 Å². The molecule has 0 aliphatic heterocycles. The average molecular weight is 336 g/mol. The second-order valence-corrected chi connectivity index (χ2v) is 7.27. The molecule has 0 spiro atoms. The first-order chi connectivity index (χ1) is 10.8. The lowest BCUT2D eigenvalue weighted by Gasteiger charge is -2.26. The van der Waals surface area contributed by atoms with E-state index in [1.54, 1.807) is 12.1 Å². The van der Waals surface area contributed by atoms with Gasteiger partial charge in [0.2, 0.25) is 0 Å². The quantitative estimate of drug-likeness (QED) is 0.789. The molecule has 2 aromatic heterocycles. The van der Waals surface area contributed by atoms with Crippen LogP contribution in [0.3, 0.4) is 0 Å². The van der Waals surface area contributed by atoms with Crippen molar-refractivity contribution in [3.63, 3.8) is 0 Å². The minimum absolute atomic E-state index is 0.0547. The van der Waals surface area contributed by atoms with E-state index in [1.165, 1.54) is 0 Å². The van der Waals surface area contributed by atoms with Gasteiger partial charge in [-0.25, -0.2) is 4.98 Å². The fourth-order valence-electron chi connectivity index (χ4n) is 2.81. The van der Waals surface area contributed by atoms with E-state index in [0.717, 1.165) is 30.9 Å². The van der Waals surface area contributed by atoms with Crippen molar-refractivity contribution in [2.24, 2.45) is 11.8 Å². The summed E-state index contributed by atoms with van der Waals surface area (Å²) in [6, 6.07) is 3.59. The minimum atomic E-state index is 0.0547. The smallest absolute Gasteiger partial charge is 0.272 e. The Kier molecular flexibility index (Phi) is 5.69. The summed E-state index contributed by atoms with van der Waals surface area (Å²) in [6.07, 6.45) is 2.55. The van der Waals surface area contributed by atoms with Gasteiger partial charge < -0.3 is 4.90 Å². The Labute approximate surface area is 143 Å². The van der Waals surface area contributed by atoms with Crippen LogP contribution in [-0.2, 0) is 6.42 Å². The third kappa shape index (κ3) is 4.05. The Hall–Kier alpha value is -1.55. The normalized spacial score (nSPS) is 11.7. The summed E-state index contributed by atoms with van der Waals surface area (Å²) in [7, 11) is 0. The highest BCUT2D eigenvalue weighted by Gasteiger charge is 2.24. The molecule has 0 radical (unpaired) electrons. The van der Waals surface area contributed by atoms with Crippen LogP contribution in [0.5, 0.6) is 0 Å². The molecule has 2 aromatic rings. The highest BCUT2D eigenvalue weighted by atomic mass is 35.5. The number of fused-ring (bicyclic) bond motifs is 1. The molecule has 0 aromatic carbocycles. The molecule has 23 heavy (non-hydrogen) atoms. The second kappa shape index (κ2) is 7.35. The first-order valence-corrected chi connectivity index (χ1v) is 8.67. The van der Waals surface area contributed by atoms with E-state index < -0.39 is 0 Å². The van der Waals surface area contributed by atoms with Gasteiger partial charge in [-0.15, -0.1) is 0 Å². The third-order valence-electron chi connectivity index (χ3n) is 3.66. The van der Waals surface area contributed by atoms with Gasteiger partial charge in [-0.2, -0.15) is 0 Å². The molecule has 0 aliphatic carbocycles. The SMILES string of the molecule is CCc1nc2cc(Cl)ccn2c1C(=O)N(CC(C)C)CC(C)C. The molecule has 4 nitrogen and oxygen atoms in total. The largest absolute Gasteiger partial charge is 0.337 e. The zero-order valence-electron chi connectivity index (χ0n) is 14.6. The number of halogens is 1. The lowest BCUT2D eigenvalue weighted by Crippen LogP contribution is -2.38. The number of carbonyl (C=O) groups is 1. The van der Waals surface area contributed by atoms with Gasteiger partial charge in [0.1, 0.15) is 11.3 Å². The van der Waals surface area contributed by atoms with Crippen LogP contribution in [0.2, 0.25) is 5.02 Å². The molecule has 2 heterocycles. The molecule has 0 fully saturated rings. The van der Waals surface area contributed by atoms with Crippen LogP contribution in [0, 0.1) is 11.8 Å². The van der Waals surface area contributed by atoms with Gasteiger partial charge in [0, 0.05) is 30.4 Å². The highest BCUT2D eigenvalue weighted by molar-refractivity contribution is 6.30. The molecule has 2 rings (SSSR count). The van der Waals surface area contributed by atoms with Crippen LogP contribution >= 0.6 is 11.6 Å². The molecule has 0 aliphatic rings. The zero-order valence-corrected chi connectivity index (χ0v) is 15.4. The van der Waals surface area contributed by atoms with E-state index in [-0.39, 0.29) is 5.91 Å². The van der Waals surface area contributed by atoms with Crippen molar-refractivity contribution in [1.29, 1.82) is 0 Å². The lowest BCUT2D eigenvalue weighted by atomic mass is 10.1. The fourth-order valence-corrected chi connectivity index (χ4v) is 2.97. The van der Waals surface area contributed by atoms with Gasteiger partial charge in [-0.3, -0.25) is 9.20 Å². The summed E-state index contributed by atoms with van der Waals surface area (Å²) in [5.74, 6) is 0.909. The summed E-state index contributed by atoms with van der Waals surface area (Å²) in [5.41, 5.74) is 2.22. The number of aryl methyl sites for hydroxylation is 1. The van der Waals surface area contributed by atoms with Gasteiger partial charge >= 0.3 is 0 Å². The van der Waals surface area contributed by atoms with Crippen LogP contribution in [0.1, 0.15) is 50.8 Å². The summed E-state index contributed by atoms with van der Waals surface area (Å²) in [4.78, 5) is 19.7. The first-order valence-electron chi connectivity index (χ1n) is 8.29. The topological polar surface area (TPSA) is 37.6 Å². The number of carbonyl (C=O) groups excluding carboxylic acids is 1. The highest BCUT2D eigenvalue weighted by Crippen LogP contribution is 2.20. The van der Waals surface area contributed by atoms with Crippen LogP contribution in [0.25, 0.3) is 5.65 Å². The number of pyridine rings is 1. The average Bonchev–Trinajstić information content (AvgIpc) is 2.82. The molecule has 0 saturated heterocycles. The van der Waals surface area contributed by atoms with E-state index in [9.17, 15) is 4.79 Å². The Balaban J connectivity index is 2.48. The lowest BCUT2D eigenvalue weighted by molar-refractivity contribution is 0.0707. The predicted octanol–water partition coefficient (Wildman–Crippen LogP) is 4.30. The molecule has 0 saturated carbocycles. The van der Waals surface area contributed by atoms with E-state index in [2.05, 4.69) is 32.7 Å². The van der Waals surface area contributed by atoms with E-state index in [1.807, 2.05) is 22.4 Å². The number of imidazole rings is 1. The maximum absolute atomic E-state index is 13.2. The maximum atomic E-state index is 13.2. The van der Waals surface area contributed by atoms with E-state index in [0.29, 0.717) is 22.6 Å². The minimum Gasteiger partial charge on any atom is -0.337 e. The molecule has 0 N–H and O–H groups in total. The molecule has 1 amide bonds. The van der Waals surface area contributed by atoms with Crippen molar-refractivity contribution in [1.82, 2.24) is 14.3 Å². The van der Waals surface area contributed by atoms with Crippen molar-refractivity contribution in [2.75, 3.05) is 13.1 Å². The van der Waals surface area contributed by atoms with E-state index >= 15 is 0 Å². The number of rotatable bonds is 6. The summed E-state index contributed by atoms with van der Waals surface area (Å²) < 4.78 is 1.86. The van der Waals surface area contributed by atoms with Crippen LogP contribution in [0.4, 0.5) is 0 Å². The van der Waals surface area contributed by atoms with Gasteiger partial charge in [0.15, 0.2) is 0 Å². The van der Waals surface area contributed by atoms with Crippen molar-refractivity contribution in [2.45, 2.75) is 41.0 Å². The zero-order chi connectivity index (χ0) is 17.1. The number of nitrogens with zero attached hydrogens (tertiary/aromatic N) is 3. The van der Waals surface area contributed by atoms with Crippen molar-refractivity contribution in [3.05, 3.63) is 34.7 Å². The molecule has 0 unspecified atom stereocenters. The first kappa shape index (κ1) is 17.8. The molecule has 0 atom stereocenters. The predicted molar refractivity (Wildman–Crippen MR) is 95.2 cm³/mol. The third-order valence-corrected chi connectivity index (χ3v) is 3.89. The van der Waals surface area contributed by atoms with Crippen LogP contribution in [-0.4, -0.2) is 33.3 Å².